The van der Waals surface area contributed by atoms with Crippen LogP contribution in [0.1, 0.15) is 18.9 Å². The van der Waals surface area contributed by atoms with E-state index in [4.69, 9.17) is 4.74 Å². The highest BCUT2D eigenvalue weighted by Gasteiger charge is 2.35. The van der Waals surface area contributed by atoms with Gasteiger partial charge in [-0.25, -0.2) is 0 Å². The summed E-state index contributed by atoms with van der Waals surface area (Å²) >= 11 is 0. The van der Waals surface area contributed by atoms with Crippen LogP contribution in [0.3, 0.4) is 0 Å². The smallest absolute Gasteiger partial charge is 0.142 e. The minimum absolute atomic E-state index is 0.215. The van der Waals surface area contributed by atoms with Gasteiger partial charge in [0.05, 0.1) is 12.8 Å². The second kappa shape index (κ2) is 4.34. The molecule has 3 heteroatoms. The van der Waals surface area contributed by atoms with Gasteiger partial charge in [-0.3, -0.25) is 0 Å². The Morgan fingerprint density at radius 1 is 1.50 bits per heavy atom. The van der Waals surface area contributed by atoms with E-state index in [1.165, 1.54) is 11.3 Å². The molecular weight excluding hydrogens is 200 g/mol. The first kappa shape index (κ1) is 11.3. The average Bonchev–Trinajstić information content (AvgIpc) is 2.65. The summed E-state index contributed by atoms with van der Waals surface area (Å²) < 4.78 is 5.38. The Kier molecular flexibility index (Phi) is 3.06. The summed E-state index contributed by atoms with van der Waals surface area (Å²) in [4.78, 5) is 0. The topological polar surface area (TPSA) is 33.3 Å². The third kappa shape index (κ3) is 1.76. The van der Waals surface area contributed by atoms with E-state index in [0.717, 1.165) is 25.3 Å². The third-order valence-electron chi connectivity index (χ3n) is 3.48. The molecule has 0 fully saturated rings. The van der Waals surface area contributed by atoms with Crippen molar-refractivity contribution in [2.45, 2.75) is 18.8 Å². The maximum absolute atomic E-state index is 5.38. The number of ether oxygens (including phenoxy) is 1. The zero-order valence-corrected chi connectivity index (χ0v) is 10.3. The molecular formula is C13H20N2O. The number of hydrogen-bond donors (Lipinski definition) is 2. The fourth-order valence-corrected chi connectivity index (χ4v) is 2.39. The fourth-order valence-electron chi connectivity index (χ4n) is 2.39. The quantitative estimate of drug-likeness (QED) is 0.814. The van der Waals surface area contributed by atoms with Crippen molar-refractivity contribution >= 4 is 5.69 Å². The number of rotatable bonds is 4. The van der Waals surface area contributed by atoms with Gasteiger partial charge in [0.25, 0.3) is 0 Å². The van der Waals surface area contributed by atoms with Crippen LogP contribution in [0.4, 0.5) is 5.69 Å². The molecule has 0 saturated carbocycles. The zero-order chi connectivity index (χ0) is 11.6. The van der Waals surface area contributed by atoms with Crippen molar-refractivity contribution in [1.82, 2.24) is 5.32 Å². The second-order valence-corrected chi connectivity index (χ2v) is 4.65. The Balaban J connectivity index is 2.32. The van der Waals surface area contributed by atoms with Crippen molar-refractivity contribution in [2.24, 2.45) is 0 Å². The number of hydrogen-bond acceptors (Lipinski definition) is 3. The van der Waals surface area contributed by atoms with Crippen LogP contribution in [0.2, 0.25) is 0 Å². The average molecular weight is 220 g/mol. The van der Waals surface area contributed by atoms with Gasteiger partial charge in [-0.15, -0.1) is 0 Å². The van der Waals surface area contributed by atoms with E-state index in [2.05, 4.69) is 29.7 Å². The Morgan fingerprint density at radius 3 is 3.00 bits per heavy atom. The highest BCUT2D eigenvalue weighted by Crippen LogP contribution is 2.43. The molecule has 88 valence electrons. The van der Waals surface area contributed by atoms with Crippen LogP contribution in [0, 0.1) is 0 Å². The minimum atomic E-state index is 0.215. The summed E-state index contributed by atoms with van der Waals surface area (Å²) in [5, 5.41) is 6.69. The molecule has 2 N–H and O–H groups in total. The molecule has 1 aromatic rings. The number of nitrogens with one attached hydrogen (secondary N) is 2. The Labute approximate surface area is 97.2 Å². The molecule has 1 atom stereocenters. The summed E-state index contributed by atoms with van der Waals surface area (Å²) in [7, 11) is 3.72. The molecule has 1 aromatic carbocycles. The van der Waals surface area contributed by atoms with Crippen LogP contribution in [0.5, 0.6) is 5.75 Å². The van der Waals surface area contributed by atoms with Crippen LogP contribution in [0.15, 0.2) is 18.2 Å². The molecule has 1 heterocycles. The zero-order valence-electron chi connectivity index (χ0n) is 10.3. The number of fused-ring (bicyclic) bond motifs is 1. The van der Waals surface area contributed by atoms with E-state index < -0.39 is 0 Å². The number of para-hydroxylation sites is 1. The summed E-state index contributed by atoms with van der Waals surface area (Å²) in [5.41, 5.74) is 2.76. The lowest BCUT2D eigenvalue weighted by molar-refractivity contribution is 0.416. The molecule has 0 spiro atoms. The van der Waals surface area contributed by atoms with E-state index in [9.17, 15) is 0 Å². The van der Waals surface area contributed by atoms with Crippen LogP contribution in [-0.2, 0) is 5.41 Å². The van der Waals surface area contributed by atoms with Crippen molar-refractivity contribution < 1.29 is 4.74 Å². The second-order valence-electron chi connectivity index (χ2n) is 4.65. The van der Waals surface area contributed by atoms with Crippen molar-refractivity contribution in [1.29, 1.82) is 0 Å². The molecule has 0 radical (unpaired) electrons. The van der Waals surface area contributed by atoms with E-state index in [1.807, 2.05) is 13.1 Å². The van der Waals surface area contributed by atoms with E-state index in [-0.39, 0.29) is 5.41 Å². The molecule has 3 nitrogen and oxygen atoms in total. The number of anilines is 1. The van der Waals surface area contributed by atoms with Crippen LogP contribution in [-0.4, -0.2) is 27.2 Å². The predicted molar refractivity (Wildman–Crippen MR) is 67.4 cm³/mol. The van der Waals surface area contributed by atoms with Crippen molar-refractivity contribution in [3.8, 4) is 5.75 Å². The molecule has 2 rings (SSSR count). The molecule has 0 amide bonds. The predicted octanol–water partition coefficient (Wildman–Crippen LogP) is 1.99. The van der Waals surface area contributed by atoms with Gasteiger partial charge >= 0.3 is 0 Å². The summed E-state index contributed by atoms with van der Waals surface area (Å²) in [5.74, 6) is 0.950. The van der Waals surface area contributed by atoms with E-state index in [1.54, 1.807) is 7.11 Å². The first-order valence-corrected chi connectivity index (χ1v) is 5.77. The van der Waals surface area contributed by atoms with Gasteiger partial charge in [-0.1, -0.05) is 19.1 Å². The van der Waals surface area contributed by atoms with Gasteiger partial charge < -0.3 is 15.4 Å². The maximum Gasteiger partial charge on any atom is 0.142 e. The maximum atomic E-state index is 5.38. The normalized spacial score (nSPS) is 22.7. The lowest BCUT2D eigenvalue weighted by atomic mass is 9.81. The summed E-state index contributed by atoms with van der Waals surface area (Å²) in [6.45, 7) is 4.34. The van der Waals surface area contributed by atoms with Gasteiger partial charge in [0.2, 0.25) is 0 Å². The number of benzene rings is 1. The molecule has 1 aliphatic rings. The Morgan fingerprint density at radius 2 is 2.31 bits per heavy atom. The van der Waals surface area contributed by atoms with Gasteiger partial charge in [0.15, 0.2) is 0 Å². The fraction of sp³-hybridized carbons (Fsp3) is 0.538. The van der Waals surface area contributed by atoms with Gasteiger partial charge in [-0.2, -0.15) is 0 Å². The summed E-state index contributed by atoms with van der Waals surface area (Å²) in [6, 6.07) is 6.28. The lowest BCUT2D eigenvalue weighted by Gasteiger charge is -2.24. The first-order valence-electron chi connectivity index (χ1n) is 5.77. The van der Waals surface area contributed by atoms with Crippen LogP contribution < -0.4 is 15.4 Å². The molecule has 1 aliphatic heterocycles. The minimum Gasteiger partial charge on any atom is -0.495 e. The Bertz CT molecular complexity index is 378. The third-order valence-corrected chi connectivity index (χ3v) is 3.48. The standard InChI is InChI=1S/C13H20N2O/c1-13(7-8-14-2)9-15-12-10(13)5-4-6-11(12)16-3/h4-6,14-15H,7-9H2,1-3H3/t13-/m1/s1. The monoisotopic (exact) mass is 220 g/mol. The molecule has 16 heavy (non-hydrogen) atoms. The number of methoxy groups -OCH3 is 1. The van der Waals surface area contributed by atoms with Gasteiger partial charge in [0, 0.05) is 12.0 Å². The lowest BCUT2D eigenvalue weighted by Crippen LogP contribution is -2.28. The molecule has 0 aromatic heterocycles. The van der Waals surface area contributed by atoms with E-state index >= 15 is 0 Å². The largest absolute Gasteiger partial charge is 0.495 e. The first-order chi connectivity index (χ1) is 7.71. The van der Waals surface area contributed by atoms with Gasteiger partial charge in [0.1, 0.15) is 5.75 Å². The highest BCUT2D eigenvalue weighted by molar-refractivity contribution is 5.68. The Hall–Kier alpha value is -1.22. The van der Waals surface area contributed by atoms with E-state index in [0.29, 0.717) is 0 Å². The highest BCUT2D eigenvalue weighted by atomic mass is 16.5. The molecule has 0 saturated heterocycles. The summed E-state index contributed by atoms with van der Waals surface area (Å²) in [6.07, 6.45) is 1.14. The molecule has 0 unspecified atom stereocenters. The van der Waals surface area contributed by atoms with Crippen molar-refractivity contribution in [3.05, 3.63) is 23.8 Å². The molecule has 0 aliphatic carbocycles. The van der Waals surface area contributed by atoms with Crippen LogP contribution in [0.25, 0.3) is 0 Å². The van der Waals surface area contributed by atoms with Crippen molar-refractivity contribution in [2.75, 3.05) is 32.6 Å². The van der Waals surface area contributed by atoms with Gasteiger partial charge in [-0.05, 0) is 31.6 Å². The van der Waals surface area contributed by atoms with Crippen molar-refractivity contribution in [3.63, 3.8) is 0 Å². The van der Waals surface area contributed by atoms with Crippen LogP contribution >= 0.6 is 0 Å². The SMILES string of the molecule is CNCC[C@]1(C)CNc2c(OC)cccc21. The molecule has 0 bridgehead atoms.